The van der Waals surface area contributed by atoms with Gasteiger partial charge in [-0.05, 0) is 63.7 Å². The lowest BCUT2D eigenvalue weighted by atomic mass is 9.76. The van der Waals surface area contributed by atoms with E-state index in [1.54, 1.807) is 0 Å². The molecule has 2 aliphatic heterocycles. The van der Waals surface area contributed by atoms with E-state index < -0.39 is 32.2 Å². The van der Waals surface area contributed by atoms with Gasteiger partial charge in [0.25, 0.3) is 0 Å². The normalized spacial score (nSPS) is 23.3. The quantitative estimate of drug-likeness (QED) is 0.585. The van der Waals surface area contributed by atoms with Gasteiger partial charge in [0.15, 0.2) is 9.84 Å². The number of sulfone groups is 1. The number of nitrogens with zero attached hydrogens (tertiary/aromatic N) is 2. The van der Waals surface area contributed by atoms with Crippen LogP contribution in [0.3, 0.4) is 0 Å². The van der Waals surface area contributed by atoms with Gasteiger partial charge in [-0.2, -0.15) is 0 Å². The Morgan fingerprint density at radius 3 is 2.30 bits per heavy atom. The Morgan fingerprint density at radius 2 is 1.74 bits per heavy atom. The van der Waals surface area contributed by atoms with Crippen LogP contribution in [0.25, 0.3) is 0 Å². The molecular weight excluding hydrogens is 373 g/mol. The Balaban J connectivity index is 1.77. The summed E-state index contributed by atoms with van der Waals surface area (Å²) in [6.45, 7) is 1.44. The van der Waals surface area contributed by atoms with Gasteiger partial charge >= 0.3 is 0 Å². The van der Waals surface area contributed by atoms with Crippen molar-refractivity contribution in [2.45, 2.75) is 29.4 Å². The first-order chi connectivity index (χ1) is 12.7. The Kier molecular flexibility index (Phi) is 5.27. The Morgan fingerprint density at radius 1 is 1.15 bits per heavy atom. The molecule has 2 saturated heterocycles. The summed E-state index contributed by atoms with van der Waals surface area (Å²) in [5.41, 5.74) is 4.32. The Bertz CT molecular complexity index is 833. The van der Waals surface area contributed by atoms with Crippen LogP contribution in [0.15, 0.2) is 29.2 Å². The van der Waals surface area contributed by atoms with Gasteiger partial charge in [-0.25, -0.2) is 12.8 Å². The number of benzene rings is 1. The Hall–Kier alpha value is -2.00. The maximum atomic E-state index is 13.1. The molecule has 2 heterocycles. The van der Waals surface area contributed by atoms with Gasteiger partial charge in [0.05, 0.1) is 10.1 Å². The molecule has 3 rings (SSSR count). The van der Waals surface area contributed by atoms with Crippen molar-refractivity contribution in [1.29, 1.82) is 0 Å². The van der Waals surface area contributed by atoms with Crippen molar-refractivity contribution in [2.24, 2.45) is 11.1 Å². The van der Waals surface area contributed by atoms with Crippen LogP contribution in [-0.2, 0) is 19.4 Å². The summed E-state index contributed by atoms with van der Waals surface area (Å²) < 4.78 is 38.7. The Labute approximate surface area is 158 Å². The predicted molar refractivity (Wildman–Crippen MR) is 96.9 cm³/mol. The van der Waals surface area contributed by atoms with Gasteiger partial charge in [-0.3, -0.25) is 9.59 Å². The zero-order valence-corrected chi connectivity index (χ0v) is 16.0. The van der Waals surface area contributed by atoms with Crippen LogP contribution >= 0.6 is 0 Å². The third-order valence-corrected chi connectivity index (χ3v) is 7.93. The lowest BCUT2D eigenvalue weighted by Gasteiger charge is -2.39. The maximum Gasteiger partial charge on any atom is 0.238 e. The van der Waals surface area contributed by atoms with Crippen molar-refractivity contribution in [3.8, 4) is 0 Å². The number of rotatable bonds is 4. The van der Waals surface area contributed by atoms with Gasteiger partial charge in [0, 0.05) is 13.1 Å². The number of hydrogen-bond donors (Lipinski definition) is 1. The number of piperidine rings is 1. The molecule has 2 fully saturated rings. The van der Waals surface area contributed by atoms with E-state index in [9.17, 15) is 22.4 Å². The van der Waals surface area contributed by atoms with Crippen LogP contribution in [0.4, 0.5) is 4.39 Å². The van der Waals surface area contributed by atoms with Gasteiger partial charge in [-0.15, -0.1) is 0 Å². The van der Waals surface area contributed by atoms with E-state index in [0.717, 1.165) is 12.1 Å². The molecule has 0 saturated carbocycles. The molecule has 0 aliphatic carbocycles. The number of carbonyl (C=O) groups is 2. The SMILES string of the molecule is CN1CCC(C(N)=O)(C(=O)N2CCC(S(=O)(=O)c3ccc(F)cc3)C2)CC1. The first-order valence-electron chi connectivity index (χ1n) is 8.94. The summed E-state index contributed by atoms with van der Waals surface area (Å²) in [6.07, 6.45) is 0.952. The molecule has 0 aromatic heterocycles. The molecule has 1 atom stereocenters. The summed E-state index contributed by atoms with van der Waals surface area (Å²) >= 11 is 0. The molecule has 7 nitrogen and oxygen atoms in total. The molecule has 27 heavy (non-hydrogen) atoms. The van der Waals surface area contributed by atoms with E-state index >= 15 is 0 Å². The molecule has 1 aromatic rings. The number of halogens is 1. The zero-order valence-electron chi connectivity index (χ0n) is 15.2. The van der Waals surface area contributed by atoms with Gasteiger partial charge < -0.3 is 15.5 Å². The molecule has 0 spiro atoms. The monoisotopic (exact) mass is 397 g/mol. The smallest absolute Gasteiger partial charge is 0.238 e. The number of likely N-dealkylation sites (tertiary alicyclic amines) is 2. The van der Waals surface area contributed by atoms with Crippen molar-refractivity contribution in [3.05, 3.63) is 30.1 Å². The van der Waals surface area contributed by atoms with E-state index in [0.29, 0.717) is 25.9 Å². The van der Waals surface area contributed by atoms with Crippen molar-refractivity contribution < 1.29 is 22.4 Å². The minimum atomic E-state index is -3.69. The lowest BCUT2D eigenvalue weighted by Crippen LogP contribution is -2.55. The zero-order chi connectivity index (χ0) is 19.8. The first-order valence-corrected chi connectivity index (χ1v) is 10.5. The van der Waals surface area contributed by atoms with E-state index in [1.165, 1.54) is 17.0 Å². The third kappa shape index (κ3) is 3.58. The predicted octanol–water partition coefficient (Wildman–Crippen LogP) is 0.398. The van der Waals surface area contributed by atoms with E-state index in [1.807, 2.05) is 11.9 Å². The van der Waals surface area contributed by atoms with Gasteiger partial charge in [0.2, 0.25) is 11.8 Å². The molecule has 1 unspecified atom stereocenters. The summed E-state index contributed by atoms with van der Waals surface area (Å²) in [6, 6.07) is 4.67. The molecule has 2 amide bonds. The van der Waals surface area contributed by atoms with Crippen molar-refractivity contribution >= 4 is 21.7 Å². The molecule has 9 heteroatoms. The molecule has 0 bridgehead atoms. The molecule has 2 N–H and O–H groups in total. The van der Waals surface area contributed by atoms with Crippen molar-refractivity contribution in [3.63, 3.8) is 0 Å². The average molecular weight is 397 g/mol. The lowest BCUT2D eigenvalue weighted by molar-refractivity contribution is -0.151. The maximum absolute atomic E-state index is 13.1. The second-order valence-electron chi connectivity index (χ2n) is 7.41. The van der Waals surface area contributed by atoms with Gasteiger partial charge in [0.1, 0.15) is 11.2 Å². The summed E-state index contributed by atoms with van der Waals surface area (Å²) in [7, 11) is -1.77. The minimum absolute atomic E-state index is 0.0173. The highest BCUT2D eigenvalue weighted by atomic mass is 32.2. The molecule has 0 radical (unpaired) electrons. The van der Waals surface area contributed by atoms with Crippen LogP contribution in [0.1, 0.15) is 19.3 Å². The molecule has 1 aromatic carbocycles. The number of carbonyl (C=O) groups excluding carboxylic acids is 2. The van der Waals surface area contributed by atoms with E-state index in [4.69, 9.17) is 5.73 Å². The average Bonchev–Trinajstić information content (AvgIpc) is 3.13. The largest absolute Gasteiger partial charge is 0.369 e. The minimum Gasteiger partial charge on any atom is -0.369 e. The third-order valence-electron chi connectivity index (χ3n) is 5.73. The van der Waals surface area contributed by atoms with Crippen molar-refractivity contribution in [1.82, 2.24) is 9.80 Å². The van der Waals surface area contributed by atoms with Crippen LogP contribution in [0, 0.1) is 11.2 Å². The van der Waals surface area contributed by atoms with Crippen LogP contribution in [0.5, 0.6) is 0 Å². The van der Waals surface area contributed by atoms with Crippen LogP contribution in [0.2, 0.25) is 0 Å². The van der Waals surface area contributed by atoms with Crippen LogP contribution < -0.4 is 5.73 Å². The topological polar surface area (TPSA) is 101 Å². The number of primary amides is 1. The van der Waals surface area contributed by atoms with Crippen LogP contribution in [-0.4, -0.2) is 68.5 Å². The summed E-state index contributed by atoms with van der Waals surface area (Å²) in [5, 5.41) is -0.775. The fourth-order valence-corrected chi connectivity index (χ4v) is 5.54. The fraction of sp³-hybridized carbons (Fsp3) is 0.556. The molecular formula is C18H24FN3O4S. The number of hydrogen-bond acceptors (Lipinski definition) is 5. The molecule has 2 aliphatic rings. The second-order valence-corrected chi connectivity index (χ2v) is 9.64. The summed E-state index contributed by atoms with van der Waals surface area (Å²) in [4.78, 5) is 28.7. The van der Waals surface area contributed by atoms with E-state index in [2.05, 4.69) is 0 Å². The number of amides is 2. The molecule has 148 valence electrons. The second kappa shape index (κ2) is 7.20. The van der Waals surface area contributed by atoms with E-state index in [-0.39, 0.29) is 30.3 Å². The number of nitrogens with two attached hydrogens (primary N) is 1. The van der Waals surface area contributed by atoms with Crippen molar-refractivity contribution in [2.75, 3.05) is 33.2 Å². The highest BCUT2D eigenvalue weighted by Crippen LogP contribution is 2.35. The van der Waals surface area contributed by atoms with Gasteiger partial charge in [-0.1, -0.05) is 0 Å². The highest BCUT2D eigenvalue weighted by Gasteiger charge is 2.50. The fourth-order valence-electron chi connectivity index (χ4n) is 3.85. The first kappa shape index (κ1) is 19.8. The standard InChI is InChI=1S/C18H24FN3O4S/c1-21-10-7-18(8-11-21,16(20)23)17(24)22-9-6-15(12-22)27(25,26)14-4-2-13(19)3-5-14/h2-5,15H,6-12H2,1H3,(H2,20,23). The summed E-state index contributed by atoms with van der Waals surface area (Å²) in [5.74, 6) is -1.53. The highest BCUT2D eigenvalue weighted by molar-refractivity contribution is 7.92.